The lowest BCUT2D eigenvalue weighted by Gasteiger charge is -2.21. The van der Waals surface area contributed by atoms with Gasteiger partial charge in [0.2, 0.25) is 0 Å². The number of urea groups is 1. The van der Waals surface area contributed by atoms with Crippen molar-refractivity contribution in [3.05, 3.63) is 29.2 Å². The topological polar surface area (TPSA) is 71.8 Å². The van der Waals surface area contributed by atoms with Gasteiger partial charge in [0.25, 0.3) is 0 Å². The molecule has 1 unspecified atom stereocenters. The minimum atomic E-state index is -0.214. The SMILES string of the molecule is CC(C)c1ncsc1NC(=O)NC(c1cnn(C)c1)C(C)C. The summed E-state index contributed by atoms with van der Waals surface area (Å²) in [6.45, 7) is 8.27. The van der Waals surface area contributed by atoms with Gasteiger partial charge in [-0.2, -0.15) is 5.10 Å². The number of rotatable bonds is 5. The fraction of sp³-hybridized carbons (Fsp3) is 0.533. The summed E-state index contributed by atoms with van der Waals surface area (Å²) in [5.41, 5.74) is 3.68. The lowest BCUT2D eigenvalue weighted by atomic mass is 9.99. The molecule has 120 valence electrons. The van der Waals surface area contributed by atoms with Gasteiger partial charge in [0, 0.05) is 18.8 Å². The largest absolute Gasteiger partial charge is 0.331 e. The second kappa shape index (κ2) is 6.91. The summed E-state index contributed by atoms with van der Waals surface area (Å²) in [5, 5.41) is 10.9. The fourth-order valence-corrected chi connectivity index (χ4v) is 3.11. The Bertz CT molecular complexity index is 631. The first-order chi connectivity index (χ1) is 10.4. The van der Waals surface area contributed by atoms with Crippen LogP contribution in [-0.2, 0) is 7.05 Å². The molecule has 2 aromatic heterocycles. The minimum Gasteiger partial charge on any atom is -0.331 e. The molecule has 1 atom stereocenters. The number of aromatic nitrogens is 3. The van der Waals surface area contributed by atoms with E-state index in [1.807, 2.05) is 13.2 Å². The zero-order valence-electron chi connectivity index (χ0n) is 13.6. The minimum absolute atomic E-state index is 0.0795. The number of carbonyl (C=O) groups is 1. The van der Waals surface area contributed by atoms with Crippen LogP contribution in [0.15, 0.2) is 17.9 Å². The maximum absolute atomic E-state index is 12.3. The number of hydrogen-bond acceptors (Lipinski definition) is 4. The van der Waals surface area contributed by atoms with Crippen molar-refractivity contribution < 1.29 is 4.79 Å². The second-order valence-electron chi connectivity index (χ2n) is 5.99. The molecule has 0 aliphatic rings. The summed E-state index contributed by atoms with van der Waals surface area (Å²) in [6, 6.07) is -0.294. The lowest BCUT2D eigenvalue weighted by Crippen LogP contribution is -2.35. The van der Waals surface area contributed by atoms with Crippen LogP contribution in [0.2, 0.25) is 0 Å². The molecule has 0 saturated heterocycles. The summed E-state index contributed by atoms with van der Waals surface area (Å²) < 4.78 is 1.74. The first kappa shape index (κ1) is 16.5. The summed E-state index contributed by atoms with van der Waals surface area (Å²) in [5.74, 6) is 0.543. The molecular weight excluding hydrogens is 298 g/mol. The molecule has 6 nitrogen and oxygen atoms in total. The number of aryl methyl sites for hydroxylation is 1. The molecule has 0 aromatic carbocycles. The van der Waals surface area contributed by atoms with E-state index in [1.54, 1.807) is 16.4 Å². The summed E-state index contributed by atoms with van der Waals surface area (Å²) in [4.78, 5) is 16.6. The Morgan fingerprint density at radius 3 is 2.59 bits per heavy atom. The molecule has 2 N–H and O–H groups in total. The van der Waals surface area contributed by atoms with Crippen LogP contribution < -0.4 is 10.6 Å². The standard InChI is InChI=1S/C15H23N5OS/c1-9(2)12(11-6-17-20(5)7-11)18-15(21)19-14-13(10(3)4)16-8-22-14/h6-10,12H,1-5H3,(H2,18,19,21). The molecule has 2 heterocycles. The van der Waals surface area contributed by atoms with Gasteiger partial charge in [-0.3, -0.25) is 10.00 Å². The van der Waals surface area contributed by atoms with Crippen molar-refractivity contribution in [2.24, 2.45) is 13.0 Å². The molecule has 0 spiro atoms. The highest BCUT2D eigenvalue weighted by molar-refractivity contribution is 7.14. The highest BCUT2D eigenvalue weighted by Crippen LogP contribution is 2.27. The predicted molar refractivity (Wildman–Crippen MR) is 89.1 cm³/mol. The van der Waals surface area contributed by atoms with Crippen LogP contribution in [0.5, 0.6) is 0 Å². The van der Waals surface area contributed by atoms with E-state index in [0.29, 0.717) is 0 Å². The van der Waals surface area contributed by atoms with E-state index in [9.17, 15) is 4.79 Å². The third kappa shape index (κ3) is 3.85. The number of hydrogen-bond donors (Lipinski definition) is 2. The van der Waals surface area contributed by atoms with E-state index < -0.39 is 0 Å². The molecule has 2 amide bonds. The second-order valence-corrected chi connectivity index (χ2v) is 6.84. The monoisotopic (exact) mass is 321 g/mol. The van der Waals surface area contributed by atoms with Crippen LogP contribution in [0, 0.1) is 5.92 Å². The summed E-state index contributed by atoms with van der Waals surface area (Å²) in [6.07, 6.45) is 3.72. The van der Waals surface area contributed by atoms with E-state index in [2.05, 4.69) is 48.4 Å². The third-order valence-electron chi connectivity index (χ3n) is 3.41. The van der Waals surface area contributed by atoms with Crippen molar-refractivity contribution >= 4 is 22.4 Å². The number of thiazole rings is 1. The maximum Gasteiger partial charge on any atom is 0.320 e. The van der Waals surface area contributed by atoms with Gasteiger partial charge in [-0.25, -0.2) is 9.78 Å². The van der Waals surface area contributed by atoms with Crippen molar-refractivity contribution in [2.45, 2.75) is 39.7 Å². The Morgan fingerprint density at radius 1 is 1.32 bits per heavy atom. The molecule has 0 bridgehead atoms. The molecule has 0 aliphatic heterocycles. The van der Waals surface area contributed by atoms with Gasteiger partial charge in [0.1, 0.15) is 5.00 Å². The zero-order valence-corrected chi connectivity index (χ0v) is 14.4. The Hall–Kier alpha value is -1.89. The zero-order chi connectivity index (χ0) is 16.3. The van der Waals surface area contributed by atoms with Crippen molar-refractivity contribution in [1.29, 1.82) is 0 Å². The molecule has 0 radical (unpaired) electrons. The number of nitrogens with one attached hydrogen (secondary N) is 2. The van der Waals surface area contributed by atoms with E-state index in [1.165, 1.54) is 11.3 Å². The summed E-state index contributed by atoms with van der Waals surface area (Å²) >= 11 is 1.44. The Balaban J connectivity index is 2.07. The summed E-state index contributed by atoms with van der Waals surface area (Å²) in [7, 11) is 1.87. The van der Waals surface area contributed by atoms with Gasteiger partial charge < -0.3 is 5.32 Å². The smallest absolute Gasteiger partial charge is 0.320 e. The molecule has 0 aliphatic carbocycles. The van der Waals surface area contributed by atoms with E-state index >= 15 is 0 Å². The predicted octanol–water partition coefficient (Wildman–Crippen LogP) is 3.52. The van der Waals surface area contributed by atoms with Crippen LogP contribution in [0.25, 0.3) is 0 Å². The molecule has 2 aromatic rings. The highest BCUT2D eigenvalue weighted by Gasteiger charge is 2.21. The van der Waals surface area contributed by atoms with Crippen molar-refractivity contribution in [1.82, 2.24) is 20.1 Å². The normalized spacial score (nSPS) is 12.7. The van der Waals surface area contributed by atoms with Gasteiger partial charge in [-0.1, -0.05) is 27.7 Å². The molecule has 22 heavy (non-hydrogen) atoms. The molecule has 2 rings (SSSR count). The number of carbonyl (C=O) groups excluding carboxylic acids is 1. The highest BCUT2D eigenvalue weighted by atomic mass is 32.1. The van der Waals surface area contributed by atoms with Gasteiger partial charge in [0.05, 0.1) is 23.4 Å². The fourth-order valence-electron chi connectivity index (χ4n) is 2.28. The number of nitrogens with zero attached hydrogens (tertiary/aromatic N) is 3. The first-order valence-corrected chi connectivity index (χ1v) is 8.26. The van der Waals surface area contributed by atoms with E-state index in [-0.39, 0.29) is 23.9 Å². The van der Waals surface area contributed by atoms with Crippen LogP contribution in [0.4, 0.5) is 9.80 Å². The molecule has 7 heteroatoms. The van der Waals surface area contributed by atoms with Crippen molar-refractivity contribution in [3.8, 4) is 0 Å². The quantitative estimate of drug-likeness (QED) is 0.885. The van der Waals surface area contributed by atoms with E-state index in [0.717, 1.165) is 16.3 Å². The van der Waals surface area contributed by atoms with Gasteiger partial charge >= 0.3 is 6.03 Å². The maximum atomic E-state index is 12.3. The first-order valence-electron chi connectivity index (χ1n) is 7.38. The van der Waals surface area contributed by atoms with Crippen LogP contribution in [-0.4, -0.2) is 20.8 Å². The number of amides is 2. The van der Waals surface area contributed by atoms with Gasteiger partial charge in [-0.15, -0.1) is 11.3 Å². The molecule has 0 saturated carbocycles. The van der Waals surface area contributed by atoms with Crippen molar-refractivity contribution in [2.75, 3.05) is 5.32 Å². The molecule has 0 fully saturated rings. The number of anilines is 1. The average molecular weight is 321 g/mol. The van der Waals surface area contributed by atoms with Gasteiger partial charge in [-0.05, 0) is 11.8 Å². The Kier molecular flexibility index (Phi) is 5.18. The van der Waals surface area contributed by atoms with Crippen LogP contribution in [0.3, 0.4) is 0 Å². The van der Waals surface area contributed by atoms with E-state index in [4.69, 9.17) is 0 Å². The Morgan fingerprint density at radius 2 is 2.05 bits per heavy atom. The van der Waals surface area contributed by atoms with Crippen LogP contribution >= 0.6 is 11.3 Å². The third-order valence-corrected chi connectivity index (χ3v) is 4.16. The Labute approximate surface area is 135 Å². The lowest BCUT2D eigenvalue weighted by molar-refractivity contribution is 0.244. The van der Waals surface area contributed by atoms with Crippen molar-refractivity contribution in [3.63, 3.8) is 0 Å². The average Bonchev–Trinajstić information content (AvgIpc) is 3.04. The molecular formula is C15H23N5OS. The van der Waals surface area contributed by atoms with Crippen LogP contribution in [0.1, 0.15) is 50.9 Å². The van der Waals surface area contributed by atoms with Gasteiger partial charge in [0.15, 0.2) is 0 Å².